The van der Waals surface area contributed by atoms with Gasteiger partial charge in [0, 0.05) is 5.92 Å². The van der Waals surface area contributed by atoms with E-state index in [4.69, 9.17) is 14.2 Å². The summed E-state index contributed by atoms with van der Waals surface area (Å²) in [6.07, 6.45) is 11.9. The van der Waals surface area contributed by atoms with Crippen LogP contribution in [0.3, 0.4) is 0 Å². The van der Waals surface area contributed by atoms with E-state index in [1.165, 1.54) is 38.5 Å². The molecule has 0 aromatic carbocycles. The second-order valence-electron chi connectivity index (χ2n) is 7.56. The first-order valence-corrected chi connectivity index (χ1v) is 11.0. The Kier molecular flexibility index (Phi) is 16.0. The molecule has 0 bridgehead atoms. The van der Waals surface area contributed by atoms with Gasteiger partial charge in [-0.3, -0.25) is 0 Å². The van der Waals surface area contributed by atoms with Crippen LogP contribution in [0.25, 0.3) is 0 Å². The van der Waals surface area contributed by atoms with E-state index in [1.54, 1.807) is 0 Å². The van der Waals surface area contributed by atoms with Gasteiger partial charge < -0.3 is 14.2 Å². The largest absolute Gasteiger partial charge is 0.327 e. The van der Waals surface area contributed by atoms with Crippen molar-refractivity contribution in [2.45, 2.75) is 112 Å². The standard InChI is InChI=1S/C22H46O3/c1-7-11-12-13-14-15-16-21(20(5)6)22(23-17-8-2,24-18-9-3)25-19-10-4/h20-21H,7-19H2,1-6H3. The van der Waals surface area contributed by atoms with E-state index in [2.05, 4.69) is 41.5 Å². The Labute approximate surface area is 158 Å². The maximum Gasteiger partial charge on any atom is 0.286 e. The van der Waals surface area contributed by atoms with Crippen LogP contribution in [0.1, 0.15) is 106 Å². The summed E-state index contributed by atoms with van der Waals surface area (Å²) in [6.45, 7) is 15.3. The molecule has 0 amide bonds. The SMILES string of the molecule is CCCCCCCCC(C(C)C)C(OCCC)(OCCC)OCCC. The second kappa shape index (κ2) is 16.1. The predicted molar refractivity (Wildman–Crippen MR) is 108 cm³/mol. The van der Waals surface area contributed by atoms with Crippen molar-refractivity contribution in [3.8, 4) is 0 Å². The van der Waals surface area contributed by atoms with Crippen molar-refractivity contribution >= 4 is 0 Å². The molecule has 0 saturated heterocycles. The van der Waals surface area contributed by atoms with Crippen LogP contribution in [0, 0.1) is 11.8 Å². The van der Waals surface area contributed by atoms with Gasteiger partial charge in [-0.05, 0) is 31.6 Å². The van der Waals surface area contributed by atoms with E-state index in [0.29, 0.717) is 25.7 Å². The summed E-state index contributed by atoms with van der Waals surface area (Å²) in [4.78, 5) is 0. The van der Waals surface area contributed by atoms with Crippen LogP contribution < -0.4 is 0 Å². The zero-order valence-electron chi connectivity index (χ0n) is 18.1. The van der Waals surface area contributed by atoms with Crippen LogP contribution in [0.5, 0.6) is 0 Å². The van der Waals surface area contributed by atoms with Gasteiger partial charge in [0.2, 0.25) is 0 Å². The van der Waals surface area contributed by atoms with Crippen LogP contribution >= 0.6 is 0 Å². The van der Waals surface area contributed by atoms with Gasteiger partial charge >= 0.3 is 0 Å². The molecule has 0 heterocycles. The topological polar surface area (TPSA) is 27.7 Å². The molecule has 0 fully saturated rings. The van der Waals surface area contributed by atoms with Crippen LogP contribution in [-0.2, 0) is 14.2 Å². The fraction of sp³-hybridized carbons (Fsp3) is 1.00. The number of rotatable bonds is 18. The van der Waals surface area contributed by atoms with Crippen LogP contribution in [0.15, 0.2) is 0 Å². The number of unbranched alkanes of at least 4 members (excludes halogenated alkanes) is 5. The van der Waals surface area contributed by atoms with Crippen molar-refractivity contribution < 1.29 is 14.2 Å². The molecule has 152 valence electrons. The van der Waals surface area contributed by atoms with Crippen LogP contribution in [0.4, 0.5) is 0 Å². The lowest BCUT2D eigenvalue weighted by Crippen LogP contribution is -2.49. The van der Waals surface area contributed by atoms with Crippen molar-refractivity contribution in [2.24, 2.45) is 11.8 Å². The fourth-order valence-corrected chi connectivity index (χ4v) is 3.24. The molecule has 1 unspecified atom stereocenters. The summed E-state index contributed by atoms with van der Waals surface area (Å²) >= 11 is 0. The van der Waals surface area contributed by atoms with E-state index in [1.807, 2.05) is 0 Å². The summed E-state index contributed by atoms with van der Waals surface area (Å²) in [5.41, 5.74) is 0. The van der Waals surface area contributed by atoms with Crippen molar-refractivity contribution in [3.63, 3.8) is 0 Å². The molecule has 25 heavy (non-hydrogen) atoms. The summed E-state index contributed by atoms with van der Waals surface area (Å²) in [5, 5.41) is 0. The molecule has 0 rings (SSSR count). The highest BCUT2D eigenvalue weighted by Crippen LogP contribution is 2.36. The molecule has 0 saturated carbocycles. The third kappa shape index (κ3) is 10.6. The van der Waals surface area contributed by atoms with E-state index < -0.39 is 5.97 Å². The highest BCUT2D eigenvalue weighted by atomic mass is 16.9. The Balaban J connectivity index is 4.96. The molecular formula is C22H46O3. The van der Waals surface area contributed by atoms with Crippen molar-refractivity contribution in [2.75, 3.05) is 19.8 Å². The summed E-state index contributed by atoms with van der Waals surface area (Å²) in [7, 11) is 0. The van der Waals surface area contributed by atoms with Crippen molar-refractivity contribution in [3.05, 3.63) is 0 Å². The first-order chi connectivity index (χ1) is 12.1. The Bertz CT molecular complexity index is 257. The van der Waals surface area contributed by atoms with Gasteiger partial charge in [0.15, 0.2) is 0 Å². The highest BCUT2D eigenvalue weighted by molar-refractivity contribution is 4.76. The lowest BCUT2D eigenvalue weighted by molar-refractivity contribution is -0.410. The monoisotopic (exact) mass is 358 g/mol. The summed E-state index contributed by atoms with van der Waals surface area (Å²) < 4.78 is 18.8. The Morgan fingerprint density at radius 3 is 1.44 bits per heavy atom. The van der Waals surface area contributed by atoms with Gasteiger partial charge in [-0.1, -0.05) is 80.1 Å². The first-order valence-electron chi connectivity index (χ1n) is 11.0. The Morgan fingerprint density at radius 1 is 0.600 bits per heavy atom. The molecule has 3 nitrogen and oxygen atoms in total. The lowest BCUT2D eigenvalue weighted by atomic mass is 9.87. The Morgan fingerprint density at radius 2 is 1.04 bits per heavy atom. The average molecular weight is 359 g/mol. The normalized spacial score (nSPS) is 13.6. The van der Waals surface area contributed by atoms with E-state index in [9.17, 15) is 0 Å². The van der Waals surface area contributed by atoms with Gasteiger partial charge in [0.1, 0.15) is 0 Å². The van der Waals surface area contributed by atoms with Gasteiger partial charge in [-0.2, -0.15) is 0 Å². The minimum atomic E-state index is -0.861. The zero-order valence-corrected chi connectivity index (χ0v) is 18.1. The minimum Gasteiger partial charge on any atom is -0.327 e. The third-order valence-electron chi connectivity index (χ3n) is 4.65. The maximum atomic E-state index is 6.26. The molecule has 1 atom stereocenters. The van der Waals surface area contributed by atoms with Crippen molar-refractivity contribution in [1.82, 2.24) is 0 Å². The highest BCUT2D eigenvalue weighted by Gasteiger charge is 2.43. The molecule has 0 aromatic rings. The molecule has 0 aliphatic rings. The van der Waals surface area contributed by atoms with Gasteiger partial charge in [-0.15, -0.1) is 0 Å². The van der Waals surface area contributed by atoms with E-state index in [0.717, 1.165) is 25.7 Å². The summed E-state index contributed by atoms with van der Waals surface area (Å²) in [6, 6.07) is 0. The smallest absolute Gasteiger partial charge is 0.286 e. The molecule has 0 radical (unpaired) electrons. The fourth-order valence-electron chi connectivity index (χ4n) is 3.24. The van der Waals surface area contributed by atoms with Gasteiger partial charge in [-0.25, -0.2) is 0 Å². The predicted octanol–water partition coefficient (Wildman–Crippen LogP) is 6.94. The Hall–Kier alpha value is -0.120. The van der Waals surface area contributed by atoms with E-state index >= 15 is 0 Å². The number of hydrogen-bond donors (Lipinski definition) is 0. The second-order valence-corrected chi connectivity index (χ2v) is 7.56. The molecule has 0 spiro atoms. The average Bonchev–Trinajstić information content (AvgIpc) is 2.61. The zero-order chi connectivity index (χ0) is 19.0. The molecule has 0 aromatic heterocycles. The van der Waals surface area contributed by atoms with Gasteiger partial charge in [0.25, 0.3) is 5.97 Å². The molecule has 0 aliphatic heterocycles. The van der Waals surface area contributed by atoms with Crippen molar-refractivity contribution in [1.29, 1.82) is 0 Å². The number of hydrogen-bond acceptors (Lipinski definition) is 3. The van der Waals surface area contributed by atoms with Crippen LogP contribution in [-0.4, -0.2) is 25.8 Å². The van der Waals surface area contributed by atoms with Crippen LogP contribution in [0.2, 0.25) is 0 Å². The molecule has 0 N–H and O–H groups in total. The lowest BCUT2D eigenvalue weighted by Gasteiger charge is -2.41. The first kappa shape index (κ1) is 24.9. The van der Waals surface area contributed by atoms with Gasteiger partial charge in [0.05, 0.1) is 19.8 Å². The quantitative estimate of drug-likeness (QED) is 0.196. The molecule has 0 aliphatic carbocycles. The molecular weight excluding hydrogens is 312 g/mol. The summed E-state index contributed by atoms with van der Waals surface area (Å²) in [5.74, 6) is -0.107. The minimum absolute atomic E-state index is 0.281. The van der Waals surface area contributed by atoms with E-state index in [-0.39, 0.29) is 5.92 Å². The third-order valence-corrected chi connectivity index (χ3v) is 4.65. The number of ether oxygens (including phenoxy) is 3. The molecule has 3 heteroatoms. The maximum absolute atomic E-state index is 6.26.